The minimum Gasteiger partial charge on any atom is -0.386 e. The Bertz CT molecular complexity index is 407. The van der Waals surface area contributed by atoms with Crippen molar-refractivity contribution >= 4 is 0 Å². The first-order chi connectivity index (χ1) is 8.73. The van der Waals surface area contributed by atoms with Gasteiger partial charge in [0.2, 0.25) is 0 Å². The van der Waals surface area contributed by atoms with Gasteiger partial charge in [-0.2, -0.15) is 13.2 Å². The zero-order valence-electron chi connectivity index (χ0n) is 10.1. The van der Waals surface area contributed by atoms with Gasteiger partial charge in [-0.1, -0.05) is 18.2 Å². The van der Waals surface area contributed by atoms with Crippen LogP contribution in [-0.4, -0.2) is 24.2 Å². The SMILES string of the molecule is CC(NCC(O)C(F)F)c1ccccc1C(F)(F)F. The minimum absolute atomic E-state index is 0.0449. The molecule has 0 bridgehead atoms. The van der Waals surface area contributed by atoms with Crippen molar-refractivity contribution in [1.82, 2.24) is 5.32 Å². The van der Waals surface area contributed by atoms with Crippen molar-refractivity contribution in [3.05, 3.63) is 35.4 Å². The molecule has 0 aliphatic carbocycles. The second-order valence-corrected chi connectivity index (χ2v) is 4.12. The average Bonchev–Trinajstić information content (AvgIpc) is 2.34. The predicted octanol–water partition coefficient (Wildman–Crippen LogP) is 2.98. The number of nitrogens with one attached hydrogen (secondary N) is 1. The summed E-state index contributed by atoms with van der Waals surface area (Å²) in [4.78, 5) is 0. The Morgan fingerprint density at radius 3 is 2.32 bits per heavy atom. The van der Waals surface area contributed by atoms with Gasteiger partial charge in [0.1, 0.15) is 6.10 Å². The van der Waals surface area contributed by atoms with E-state index in [-0.39, 0.29) is 5.56 Å². The van der Waals surface area contributed by atoms with E-state index < -0.39 is 36.9 Å². The first-order valence-corrected chi connectivity index (χ1v) is 5.59. The van der Waals surface area contributed by atoms with Gasteiger partial charge in [0.05, 0.1) is 5.56 Å². The molecular weight excluding hydrogens is 269 g/mol. The van der Waals surface area contributed by atoms with Crippen molar-refractivity contribution in [1.29, 1.82) is 0 Å². The van der Waals surface area contributed by atoms with Crippen LogP contribution in [0.1, 0.15) is 24.1 Å². The number of aliphatic hydroxyl groups is 1. The average molecular weight is 283 g/mol. The highest BCUT2D eigenvalue weighted by Crippen LogP contribution is 2.34. The lowest BCUT2D eigenvalue weighted by Gasteiger charge is -2.20. The Hall–Kier alpha value is -1.21. The Balaban J connectivity index is 2.80. The molecule has 2 nitrogen and oxygen atoms in total. The Morgan fingerprint density at radius 2 is 1.79 bits per heavy atom. The number of benzene rings is 1. The first-order valence-electron chi connectivity index (χ1n) is 5.59. The van der Waals surface area contributed by atoms with Crippen LogP contribution >= 0.6 is 0 Å². The molecule has 1 aromatic rings. The van der Waals surface area contributed by atoms with Gasteiger partial charge in [0.25, 0.3) is 6.43 Å². The molecule has 0 aliphatic heterocycles. The molecule has 0 radical (unpaired) electrons. The smallest absolute Gasteiger partial charge is 0.386 e. The summed E-state index contributed by atoms with van der Waals surface area (Å²) in [6, 6.07) is 4.09. The fourth-order valence-corrected chi connectivity index (χ4v) is 1.63. The maximum absolute atomic E-state index is 12.7. The third kappa shape index (κ3) is 4.43. The Labute approximate surface area is 107 Å². The predicted molar refractivity (Wildman–Crippen MR) is 59.9 cm³/mol. The lowest BCUT2D eigenvalue weighted by atomic mass is 10.0. The summed E-state index contributed by atoms with van der Waals surface area (Å²) < 4.78 is 62.4. The summed E-state index contributed by atoms with van der Waals surface area (Å²) in [5.41, 5.74) is -0.863. The third-order valence-electron chi connectivity index (χ3n) is 2.66. The summed E-state index contributed by atoms with van der Waals surface area (Å²) in [6.07, 6.45) is -9.34. The number of rotatable bonds is 5. The zero-order chi connectivity index (χ0) is 14.6. The molecule has 0 saturated carbocycles. The summed E-state index contributed by atoms with van der Waals surface area (Å²) in [5, 5.41) is 11.4. The highest BCUT2D eigenvalue weighted by molar-refractivity contribution is 5.32. The molecule has 2 unspecified atom stereocenters. The molecule has 1 rings (SSSR count). The second kappa shape index (κ2) is 6.29. The fourth-order valence-electron chi connectivity index (χ4n) is 1.63. The van der Waals surface area contributed by atoms with E-state index in [0.29, 0.717) is 0 Å². The molecule has 0 fully saturated rings. The van der Waals surface area contributed by atoms with Crippen LogP contribution in [0.2, 0.25) is 0 Å². The maximum Gasteiger partial charge on any atom is 0.416 e. The van der Waals surface area contributed by atoms with Gasteiger partial charge >= 0.3 is 6.18 Å². The lowest BCUT2D eigenvalue weighted by Crippen LogP contribution is -2.34. The van der Waals surface area contributed by atoms with Crippen LogP contribution in [0.25, 0.3) is 0 Å². The van der Waals surface area contributed by atoms with E-state index in [4.69, 9.17) is 5.11 Å². The normalized spacial score (nSPS) is 15.6. The van der Waals surface area contributed by atoms with E-state index in [1.54, 1.807) is 0 Å². The van der Waals surface area contributed by atoms with Gasteiger partial charge in [0, 0.05) is 12.6 Å². The molecule has 108 valence electrons. The molecule has 1 aromatic carbocycles. The summed E-state index contributed by atoms with van der Waals surface area (Å²) >= 11 is 0. The molecule has 0 heterocycles. The van der Waals surface area contributed by atoms with Crippen LogP contribution in [0.5, 0.6) is 0 Å². The van der Waals surface area contributed by atoms with Crippen molar-refractivity contribution in [2.45, 2.75) is 31.7 Å². The van der Waals surface area contributed by atoms with Gasteiger partial charge in [0.15, 0.2) is 0 Å². The van der Waals surface area contributed by atoms with E-state index in [1.165, 1.54) is 25.1 Å². The van der Waals surface area contributed by atoms with Crippen LogP contribution in [0.3, 0.4) is 0 Å². The molecule has 19 heavy (non-hydrogen) atoms. The molecular formula is C12H14F5NO. The minimum atomic E-state index is -4.51. The molecule has 7 heteroatoms. The largest absolute Gasteiger partial charge is 0.416 e. The van der Waals surface area contributed by atoms with Crippen molar-refractivity contribution in [2.75, 3.05) is 6.54 Å². The van der Waals surface area contributed by atoms with E-state index in [9.17, 15) is 22.0 Å². The van der Waals surface area contributed by atoms with Crippen LogP contribution in [0.4, 0.5) is 22.0 Å². The molecule has 0 aliphatic rings. The number of hydrogen-bond donors (Lipinski definition) is 2. The number of hydrogen-bond acceptors (Lipinski definition) is 2. The highest BCUT2D eigenvalue weighted by Gasteiger charge is 2.34. The Morgan fingerprint density at radius 1 is 1.21 bits per heavy atom. The van der Waals surface area contributed by atoms with Gasteiger partial charge < -0.3 is 10.4 Å². The van der Waals surface area contributed by atoms with Crippen LogP contribution in [0, 0.1) is 0 Å². The van der Waals surface area contributed by atoms with Gasteiger partial charge in [-0.25, -0.2) is 8.78 Å². The monoisotopic (exact) mass is 283 g/mol. The van der Waals surface area contributed by atoms with Gasteiger partial charge in [-0.05, 0) is 18.6 Å². The molecule has 0 amide bonds. The Kier molecular flexibility index (Phi) is 5.25. The topological polar surface area (TPSA) is 32.3 Å². The highest BCUT2D eigenvalue weighted by atomic mass is 19.4. The quantitative estimate of drug-likeness (QED) is 0.814. The van der Waals surface area contributed by atoms with E-state index in [0.717, 1.165) is 6.07 Å². The fraction of sp³-hybridized carbons (Fsp3) is 0.500. The summed E-state index contributed by atoms with van der Waals surface area (Å²) in [5.74, 6) is 0. The van der Waals surface area contributed by atoms with Crippen LogP contribution < -0.4 is 5.32 Å². The standard InChI is InChI=1S/C12H14F5NO/c1-7(18-6-10(19)11(13)14)8-4-2-3-5-9(8)12(15,16)17/h2-5,7,10-11,18-19H,6H2,1H3. The van der Waals surface area contributed by atoms with E-state index in [1.807, 2.05) is 0 Å². The first kappa shape index (κ1) is 15.8. The molecule has 2 N–H and O–H groups in total. The zero-order valence-corrected chi connectivity index (χ0v) is 10.1. The summed E-state index contributed by atoms with van der Waals surface area (Å²) in [7, 11) is 0. The van der Waals surface area contributed by atoms with Gasteiger partial charge in [-0.3, -0.25) is 0 Å². The van der Waals surface area contributed by atoms with E-state index in [2.05, 4.69) is 5.32 Å². The van der Waals surface area contributed by atoms with Crippen molar-refractivity contribution < 1.29 is 27.1 Å². The maximum atomic E-state index is 12.7. The number of alkyl halides is 5. The van der Waals surface area contributed by atoms with Crippen molar-refractivity contribution in [3.8, 4) is 0 Å². The molecule has 0 spiro atoms. The van der Waals surface area contributed by atoms with E-state index >= 15 is 0 Å². The van der Waals surface area contributed by atoms with Crippen molar-refractivity contribution in [3.63, 3.8) is 0 Å². The molecule has 2 atom stereocenters. The molecule has 0 saturated heterocycles. The number of halogens is 5. The van der Waals surface area contributed by atoms with Crippen LogP contribution in [-0.2, 0) is 6.18 Å². The third-order valence-corrected chi connectivity index (χ3v) is 2.66. The number of aliphatic hydroxyl groups excluding tert-OH is 1. The van der Waals surface area contributed by atoms with Crippen molar-refractivity contribution in [2.24, 2.45) is 0 Å². The van der Waals surface area contributed by atoms with Crippen LogP contribution in [0.15, 0.2) is 24.3 Å². The summed E-state index contributed by atoms with van der Waals surface area (Å²) in [6.45, 7) is 0.938. The lowest BCUT2D eigenvalue weighted by molar-refractivity contribution is -0.138. The second-order valence-electron chi connectivity index (χ2n) is 4.12. The molecule has 0 aromatic heterocycles. The van der Waals surface area contributed by atoms with Gasteiger partial charge in [-0.15, -0.1) is 0 Å².